The first-order chi connectivity index (χ1) is 17.4. The van der Waals surface area contributed by atoms with Crippen LogP contribution in [0.25, 0.3) is 17.0 Å². The maximum Gasteiger partial charge on any atom is 0.270 e. The standard InChI is InChI=1S/C28H22FN3O3S/c1-2-35-23-8-4-7-22(16-23)32-27(34)24(26(33)30-28(32)36)15-18-9-10-25-20(13-18)11-12-31(25)17-19-5-3-6-21(29)14-19/h3-16H,2,17H2,1H3,(H,30,33,36)/b24-15-. The first-order valence-electron chi connectivity index (χ1n) is 11.4. The average Bonchev–Trinajstić information content (AvgIpc) is 3.24. The van der Waals surface area contributed by atoms with Gasteiger partial charge in [0.25, 0.3) is 11.8 Å². The summed E-state index contributed by atoms with van der Waals surface area (Å²) in [5.74, 6) is -0.736. The predicted octanol–water partition coefficient (Wildman–Crippen LogP) is 5.06. The number of hydrogen-bond acceptors (Lipinski definition) is 4. The zero-order valence-corrected chi connectivity index (χ0v) is 20.2. The Morgan fingerprint density at radius 1 is 1.03 bits per heavy atom. The van der Waals surface area contributed by atoms with Gasteiger partial charge >= 0.3 is 0 Å². The molecule has 0 unspecified atom stereocenters. The van der Waals surface area contributed by atoms with Gasteiger partial charge in [0.2, 0.25) is 0 Å². The van der Waals surface area contributed by atoms with Crippen LogP contribution in [0.3, 0.4) is 0 Å². The molecule has 0 atom stereocenters. The molecular formula is C28H22FN3O3S. The summed E-state index contributed by atoms with van der Waals surface area (Å²) in [6.07, 6.45) is 3.48. The molecule has 2 heterocycles. The second kappa shape index (κ2) is 9.75. The Hall–Kier alpha value is -4.30. The zero-order valence-electron chi connectivity index (χ0n) is 19.4. The van der Waals surface area contributed by atoms with Gasteiger partial charge in [-0.3, -0.25) is 19.8 Å². The molecule has 4 aromatic rings. The van der Waals surface area contributed by atoms with Crippen LogP contribution in [-0.4, -0.2) is 28.1 Å². The van der Waals surface area contributed by atoms with Crippen molar-refractivity contribution in [1.29, 1.82) is 0 Å². The van der Waals surface area contributed by atoms with E-state index < -0.39 is 11.8 Å². The molecule has 1 aromatic heterocycles. The van der Waals surface area contributed by atoms with Crippen LogP contribution in [0.15, 0.2) is 84.6 Å². The molecule has 1 aliphatic heterocycles. The summed E-state index contributed by atoms with van der Waals surface area (Å²) in [6, 6.07) is 21.1. The number of carbonyl (C=O) groups is 2. The largest absolute Gasteiger partial charge is 0.494 e. The number of benzene rings is 3. The molecule has 1 N–H and O–H groups in total. The van der Waals surface area contributed by atoms with Crippen molar-refractivity contribution in [1.82, 2.24) is 9.88 Å². The van der Waals surface area contributed by atoms with Crippen LogP contribution in [0.5, 0.6) is 5.75 Å². The van der Waals surface area contributed by atoms with Crippen molar-refractivity contribution in [2.75, 3.05) is 11.5 Å². The third-order valence-corrected chi connectivity index (χ3v) is 6.12. The van der Waals surface area contributed by atoms with E-state index in [0.717, 1.165) is 16.5 Å². The first-order valence-corrected chi connectivity index (χ1v) is 11.8. The highest BCUT2D eigenvalue weighted by molar-refractivity contribution is 7.80. The summed E-state index contributed by atoms with van der Waals surface area (Å²) in [5, 5.41) is 3.55. The van der Waals surface area contributed by atoms with E-state index in [1.807, 2.05) is 48.0 Å². The Morgan fingerprint density at radius 3 is 2.67 bits per heavy atom. The highest BCUT2D eigenvalue weighted by Gasteiger charge is 2.34. The number of carbonyl (C=O) groups excluding carboxylic acids is 2. The van der Waals surface area contributed by atoms with Gasteiger partial charge in [0.1, 0.15) is 17.1 Å². The van der Waals surface area contributed by atoms with Gasteiger partial charge in [0.15, 0.2) is 5.11 Å². The second-order valence-electron chi connectivity index (χ2n) is 8.28. The van der Waals surface area contributed by atoms with Crippen molar-refractivity contribution in [2.24, 2.45) is 0 Å². The third kappa shape index (κ3) is 4.63. The fourth-order valence-corrected chi connectivity index (χ4v) is 4.50. The molecule has 0 bridgehead atoms. The number of nitrogens with one attached hydrogen (secondary N) is 1. The molecule has 1 fully saturated rings. The van der Waals surface area contributed by atoms with Crippen LogP contribution < -0.4 is 15.0 Å². The number of halogens is 1. The van der Waals surface area contributed by atoms with E-state index in [-0.39, 0.29) is 16.5 Å². The summed E-state index contributed by atoms with van der Waals surface area (Å²) in [5.41, 5.74) is 2.99. The van der Waals surface area contributed by atoms with Gasteiger partial charge in [-0.25, -0.2) is 4.39 Å². The van der Waals surface area contributed by atoms with Crippen LogP contribution in [0.1, 0.15) is 18.1 Å². The Balaban J connectivity index is 1.44. The highest BCUT2D eigenvalue weighted by atomic mass is 32.1. The van der Waals surface area contributed by atoms with Crippen LogP contribution in [0.2, 0.25) is 0 Å². The van der Waals surface area contributed by atoms with Crippen molar-refractivity contribution in [3.05, 3.63) is 102 Å². The van der Waals surface area contributed by atoms with Crippen molar-refractivity contribution < 1.29 is 18.7 Å². The molecule has 36 heavy (non-hydrogen) atoms. The summed E-state index contributed by atoms with van der Waals surface area (Å²) >= 11 is 5.30. The fraction of sp³-hybridized carbons (Fsp3) is 0.107. The van der Waals surface area contributed by atoms with Gasteiger partial charge in [-0.15, -0.1) is 0 Å². The molecule has 2 amide bonds. The van der Waals surface area contributed by atoms with Crippen molar-refractivity contribution in [3.63, 3.8) is 0 Å². The summed E-state index contributed by atoms with van der Waals surface area (Å²) < 4.78 is 21.1. The number of anilines is 1. The molecule has 0 spiro atoms. The molecule has 6 nitrogen and oxygen atoms in total. The Bertz CT molecular complexity index is 1540. The SMILES string of the molecule is CCOc1cccc(N2C(=O)/C(=C\c3ccc4c(ccn4Cc4cccc(F)c4)c3)C(=O)NC2=S)c1. The summed E-state index contributed by atoms with van der Waals surface area (Å²) in [4.78, 5) is 27.3. The van der Waals surface area contributed by atoms with Gasteiger partial charge < -0.3 is 9.30 Å². The Kier molecular flexibility index (Phi) is 6.35. The molecule has 8 heteroatoms. The van der Waals surface area contributed by atoms with Crippen molar-refractivity contribution in [2.45, 2.75) is 13.5 Å². The lowest BCUT2D eigenvalue weighted by Crippen LogP contribution is -2.54. The third-order valence-electron chi connectivity index (χ3n) is 5.84. The maximum absolute atomic E-state index is 13.6. The second-order valence-corrected chi connectivity index (χ2v) is 8.67. The molecular weight excluding hydrogens is 477 g/mol. The number of nitrogens with zero attached hydrogens (tertiary/aromatic N) is 2. The van der Waals surface area contributed by atoms with Crippen LogP contribution >= 0.6 is 12.2 Å². The Labute approximate surface area is 212 Å². The van der Waals surface area contributed by atoms with Crippen LogP contribution in [0.4, 0.5) is 10.1 Å². The topological polar surface area (TPSA) is 63.6 Å². The number of amides is 2. The minimum absolute atomic E-state index is 0.0145. The minimum Gasteiger partial charge on any atom is -0.494 e. The van der Waals surface area contributed by atoms with E-state index >= 15 is 0 Å². The number of fused-ring (bicyclic) bond motifs is 1. The number of hydrogen-bond donors (Lipinski definition) is 1. The summed E-state index contributed by atoms with van der Waals surface area (Å²) in [6.45, 7) is 2.88. The predicted molar refractivity (Wildman–Crippen MR) is 141 cm³/mol. The smallest absolute Gasteiger partial charge is 0.270 e. The quantitative estimate of drug-likeness (QED) is 0.229. The molecule has 1 aliphatic rings. The van der Waals surface area contributed by atoms with Gasteiger partial charge in [-0.2, -0.15) is 0 Å². The van der Waals surface area contributed by atoms with Gasteiger partial charge in [0.05, 0.1) is 12.3 Å². The lowest BCUT2D eigenvalue weighted by Gasteiger charge is -2.29. The number of ether oxygens (including phenoxy) is 1. The van der Waals surface area contributed by atoms with Crippen LogP contribution in [-0.2, 0) is 16.1 Å². The summed E-state index contributed by atoms with van der Waals surface area (Å²) in [7, 11) is 0. The average molecular weight is 500 g/mol. The highest BCUT2D eigenvalue weighted by Crippen LogP contribution is 2.27. The van der Waals surface area contributed by atoms with Crippen LogP contribution in [0, 0.1) is 5.82 Å². The minimum atomic E-state index is -0.550. The van der Waals surface area contributed by atoms with Crippen molar-refractivity contribution in [3.8, 4) is 5.75 Å². The van der Waals surface area contributed by atoms with Crippen molar-refractivity contribution >= 4 is 51.8 Å². The molecule has 0 saturated carbocycles. The molecule has 0 radical (unpaired) electrons. The fourth-order valence-electron chi connectivity index (χ4n) is 4.22. The van der Waals surface area contributed by atoms with E-state index in [1.54, 1.807) is 36.4 Å². The number of aromatic nitrogens is 1. The lowest BCUT2D eigenvalue weighted by molar-refractivity contribution is -0.122. The van der Waals surface area contributed by atoms with E-state index in [2.05, 4.69) is 5.32 Å². The zero-order chi connectivity index (χ0) is 25.2. The number of rotatable bonds is 6. The molecule has 1 saturated heterocycles. The van der Waals surface area contributed by atoms with E-state index in [0.29, 0.717) is 30.2 Å². The molecule has 3 aromatic carbocycles. The van der Waals surface area contributed by atoms with Gasteiger partial charge in [-0.05, 0) is 78.8 Å². The van der Waals surface area contributed by atoms with Gasteiger partial charge in [0, 0.05) is 29.7 Å². The molecule has 5 rings (SSSR count). The molecule has 0 aliphatic carbocycles. The molecule has 180 valence electrons. The number of thiocarbonyl (C=S) groups is 1. The normalized spacial score (nSPS) is 15.0. The first kappa shape index (κ1) is 23.4. The van der Waals surface area contributed by atoms with E-state index in [1.165, 1.54) is 17.0 Å². The van der Waals surface area contributed by atoms with E-state index in [4.69, 9.17) is 17.0 Å². The monoisotopic (exact) mass is 499 g/mol. The van der Waals surface area contributed by atoms with Gasteiger partial charge in [-0.1, -0.05) is 24.3 Å². The Morgan fingerprint density at radius 2 is 1.86 bits per heavy atom. The lowest BCUT2D eigenvalue weighted by atomic mass is 10.1. The van der Waals surface area contributed by atoms with E-state index in [9.17, 15) is 14.0 Å². The maximum atomic E-state index is 13.6.